The molecule has 0 aliphatic carbocycles. The van der Waals surface area contributed by atoms with Gasteiger partial charge in [0.2, 0.25) is 0 Å². The molecule has 16 heavy (non-hydrogen) atoms. The predicted molar refractivity (Wildman–Crippen MR) is 62.2 cm³/mol. The van der Waals surface area contributed by atoms with Crippen molar-refractivity contribution in [3.8, 4) is 0 Å². The van der Waals surface area contributed by atoms with Crippen LogP contribution in [0.15, 0.2) is 45.6 Å². The summed E-state index contributed by atoms with van der Waals surface area (Å²) in [6, 6.07) is 7.69. The molecule has 0 aliphatic rings. The van der Waals surface area contributed by atoms with Gasteiger partial charge in [0.15, 0.2) is 5.65 Å². The van der Waals surface area contributed by atoms with E-state index in [0.717, 1.165) is 21.7 Å². The Morgan fingerprint density at radius 1 is 1.25 bits per heavy atom. The van der Waals surface area contributed by atoms with Gasteiger partial charge in [-0.15, -0.1) is 10.2 Å². The van der Waals surface area contributed by atoms with Crippen LogP contribution in [0.25, 0.3) is 5.65 Å². The lowest BCUT2D eigenvalue weighted by Crippen LogP contribution is -1.95. The Morgan fingerprint density at radius 2 is 2.19 bits per heavy atom. The van der Waals surface area contributed by atoms with Gasteiger partial charge in [0.1, 0.15) is 11.6 Å². The van der Waals surface area contributed by atoms with E-state index in [0.29, 0.717) is 6.42 Å². The molecule has 0 radical (unpaired) electrons. The summed E-state index contributed by atoms with van der Waals surface area (Å²) < 4.78 is 8.18. The molecule has 4 nitrogen and oxygen atoms in total. The van der Waals surface area contributed by atoms with E-state index < -0.39 is 0 Å². The van der Waals surface area contributed by atoms with Gasteiger partial charge in [-0.1, -0.05) is 0 Å². The molecular formula is C11H8BrN3O. The van der Waals surface area contributed by atoms with Crippen LogP contribution >= 0.6 is 15.9 Å². The summed E-state index contributed by atoms with van der Waals surface area (Å²) >= 11 is 3.44. The van der Waals surface area contributed by atoms with Gasteiger partial charge >= 0.3 is 0 Å². The van der Waals surface area contributed by atoms with Crippen molar-refractivity contribution in [3.05, 3.63) is 52.8 Å². The van der Waals surface area contributed by atoms with Crippen LogP contribution in [0.4, 0.5) is 0 Å². The lowest BCUT2D eigenvalue weighted by atomic mass is 10.3. The van der Waals surface area contributed by atoms with Gasteiger partial charge in [-0.05, 0) is 40.2 Å². The molecule has 0 spiro atoms. The van der Waals surface area contributed by atoms with Crippen molar-refractivity contribution in [2.45, 2.75) is 6.42 Å². The smallest absolute Gasteiger partial charge is 0.175 e. The number of nitrogens with zero attached hydrogens (tertiary/aromatic N) is 3. The Hall–Kier alpha value is -1.62. The zero-order valence-electron chi connectivity index (χ0n) is 8.30. The fourth-order valence-corrected chi connectivity index (χ4v) is 2.04. The zero-order chi connectivity index (χ0) is 11.0. The molecule has 0 amide bonds. The highest BCUT2D eigenvalue weighted by Gasteiger charge is 2.09. The number of hydrogen-bond acceptors (Lipinski definition) is 3. The maximum atomic E-state index is 5.29. The van der Waals surface area contributed by atoms with Crippen LogP contribution in [-0.4, -0.2) is 14.6 Å². The summed E-state index contributed by atoms with van der Waals surface area (Å²) in [5.74, 6) is 1.75. The monoisotopic (exact) mass is 277 g/mol. The minimum absolute atomic E-state index is 0.643. The van der Waals surface area contributed by atoms with Crippen molar-refractivity contribution < 1.29 is 4.42 Å². The Labute approximate surface area is 100 Å². The van der Waals surface area contributed by atoms with Gasteiger partial charge in [0.25, 0.3) is 0 Å². The second-order valence-electron chi connectivity index (χ2n) is 3.42. The largest absolute Gasteiger partial charge is 0.469 e. The van der Waals surface area contributed by atoms with E-state index in [1.54, 1.807) is 6.26 Å². The van der Waals surface area contributed by atoms with Crippen molar-refractivity contribution in [2.24, 2.45) is 0 Å². The van der Waals surface area contributed by atoms with Gasteiger partial charge in [0.05, 0.1) is 17.2 Å². The normalized spacial score (nSPS) is 11.1. The molecule has 0 N–H and O–H groups in total. The van der Waals surface area contributed by atoms with E-state index >= 15 is 0 Å². The van der Waals surface area contributed by atoms with E-state index in [9.17, 15) is 0 Å². The molecule has 0 saturated heterocycles. The summed E-state index contributed by atoms with van der Waals surface area (Å²) in [5, 5.41) is 8.28. The molecule has 80 valence electrons. The van der Waals surface area contributed by atoms with E-state index in [-0.39, 0.29) is 0 Å². The number of halogens is 1. The first-order chi connectivity index (χ1) is 7.84. The first-order valence-corrected chi connectivity index (χ1v) is 5.64. The highest BCUT2D eigenvalue weighted by Crippen LogP contribution is 2.17. The number of fused-ring (bicyclic) bond motifs is 1. The molecule has 0 bridgehead atoms. The number of furan rings is 1. The second kappa shape index (κ2) is 3.75. The third-order valence-corrected chi connectivity index (χ3v) is 2.99. The zero-order valence-corrected chi connectivity index (χ0v) is 9.89. The van der Waals surface area contributed by atoms with Crippen LogP contribution in [0.5, 0.6) is 0 Å². The third kappa shape index (κ3) is 1.53. The van der Waals surface area contributed by atoms with Crippen LogP contribution in [0.3, 0.4) is 0 Å². The predicted octanol–water partition coefficient (Wildman–Crippen LogP) is 2.68. The average Bonchev–Trinajstić information content (AvgIpc) is 2.90. The molecule has 0 saturated carbocycles. The molecule has 3 heterocycles. The summed E-state index contributed by atoms with van der Waals surface area (Å²) in [5.41, 5.74) is 0.823. The van der Waals surface area contributed by atoms with E-state index in [4.69, 9.17) is 4.42 Å². The van der Waals surface area contributed by atoms with Crippen LogP contribution in [0.1, 0.15) is 11.6 Å². The molecule has 3 aromatic rings. The molecule has 5 heteroatoms. The average molecular weight is 278 g/mol. The van der Waals surface area contributed by atoms with Crippen molar-refractivity contribution in [3.63, 3.8) is 0 Å². The van der Waals surface area contributed by atoms with Crippen LogP contribution < -0.4 is 0 Å². The maximum Gasteiger partial charge on any atom is 0.175 e. The van der Waals surface area contributed by atoms with Crippen LogP contribution in [0.2, 0.25) is 0 Å². The van der Waals surface area contributed by atoms with Crippen molar-refractivity contribution >= 4 is 21.6 Å². The van der Waals surface area contributed by atoms with Gasteiger partial charge < -0.3 is 4.42 Å². The molecule has 0 unspecified atom stereocenters. The Bertz CT molecular complexity index is 615. The summed E-state index contributed by atoms with van der Waals surface area (Å²) in [7, 11) is 0. The van der Waals surface area contributed by atoms with Gasteiger partial charge in [-0.2, -0.15) is 0 Å². The van der Waals surface area contributed by atoms with Crippen molar-refractivity contribution in [1.29, 1.82) is 0 Å². The summed E-state index contributed by atoms with van der Waals surface area (Å²) in [4.78, 5) is 0. The molecular weight excluding hydrogens is 270 g/mol. The van der Waals surface area contributed by atoms with Crippen molar-refractivity contribution in [1.82, 2.24) is 14.6 Å². The lowest BCUT2D eigenvalue weighted by molar-refractivity contribution is 0.516. The second-order valence-corrected chi connectivity index (χ2v) is 4.28. The van der Waals surface area contributed by atoms with Gasteiger partial charge in [-0.25, -0.2) is 0 Å². The van der Waals surface area contributed by atoms with Crippen LogP contribution in [0, 0.1) is 0 Å². The first kappa shape index (κ1) is 9.59. The van der Waals surface area contributed by atoms with E-state index in [1.165, 1.54) is 0 Å². The van der Waals surface area contributed by atoms with E-state index in [1.807, 2.05) is 34.9 Å². The maximum absolute atomic E-state index is 5.29. The minimum atomic E-state index is 0.643. The number of pyridine rings is 1. The topological polar surface area (TPSA) is 43.3 Å². The third-order valence-electron chi connectivity index (χ3n) is 2.37. The number of aromatic nitrogens is 3. The summed E-state index contributed by atoms with van der Waals surface area (Å²) in [6.45, 7) is 0. The lowest BCUT2D eigenvalue weighted by Gasteiger charge is -1.98. The van der Waals surface area contributed by atoms with Crippen LogP contribution in [-0.2, 0) is 6.42 Å². The first-order valence-electron chi connectivity index (χ1n) is 4.85. The number of rotatable bonds is 2. The Balaban J connectivity index is 2.08. The number of hydrogen-bond donors (Lipinski definition) is 0. The van der Waals surface area contributed by atoms with Gasteiger partial charge in [0, 0.05) is 6.20 Å². The standard InChI is InChI=1S/C11H8BrN3O/c12-9-4-1-5-15-10(13-14-11(9)15)7-8-3-2-6-16-8/h1-6H,7H2. The molecule has 0 aromatic carbocycles. The summed E-state index contributed by atoms with van der Waals surface area (Å²) in [6.07, 6.45) is 4.25. The molecule has 0 fully saturated rings. The van der Waals surface area contributed by atoms with Gasteiger partial charge in [-0.3, -0.25) is 4.40 Å². The molecule has 3 aromatic heterocycles. The molecule has 0 atom stereocenters. The quantitative estimate of drug-likeness (QED) is 0.723. The SMILES string of the molecule is Brc1cccn2c(Cc3ccco3)nnc12. The highest BCUT2D eigenvalue weighted by molar-refractivity contribution is 9.10. The van der Waals surface area contributed by atoms with Crippen molar-refractivity contribution in [2.75, 3.05) is 0 Å². The Kier molecular flexibility index (Phi) is 2.25. The minimum Gasteiger partial charge on any atom is -0.469 e. The highest BCUT2D eigenvalue weighted by atomic mass is 79.9. The molecule has 3 rings (SSSR count). The molecule has 0 aliphatic heterocycles. The van der Waals surface area contributed by atoms with E-state index in [2.05, 4.69) is 26.1 Å². The fourth-order valence-electron chi connectivity index (χ4n) is 1.62. The Morgan fingerprint density at radius 3 is 3.00 bits per heavy atom. The fraction of sp³-hybridized carbons (Fsp3) is 0.0909.